The van der Waals surface area contributed by atoms with Crippen LogP contribution in [0.1, 0.15) is 19.4 Å². The van der Waals surface area contributed by atoms with Gasteiger partial charge in [-0.2, -0.15) is 0 Å². The van der Waals surface area contributed by atoms with E-state index in [1.807, 2.05) is 6.07 Å². The third-order valence-corrected chi connectivity index (χ3v) is 2.07. The quantitative estimate of drug-likeness (QED) is 0.733. The highest BCUT2D eigenvalue weighted by molar-refractivity contribution is 5.74. The lowest BCUT2D eigenvalue weighted by molar-refractivity contribution is -0.121. The molecule has 0 aromatic carbocycles. The second kappa shape index (κ2) is 4.19. The molecule has 1 amide bonds. The van der Waals surface area contributed by atoms with Crippen molar-refractivity contribution in [3.05, 3.63) is 30.1 Å². The molecule has 1 aromatic rings. The van der Waals surface area contributed by atoms with E-state index in [9.17, 15) is 9.90 Å². The minimum absolute atomic E-state index is 0.154. The number of aromatic nitrogens is 1. The highest BCUT2D eigenvalue weighted by atomic mass is 16.3. The molecule has 4 heteroatoms. The number of amides is 1. The number of carbonyl (C=O) groups excluding carboxylic acids is 1. The van der Waals surface area contributed by atoms with Crippen LogP contribution in [0.15, 0.2) is 24.5 Å². The van der Waals surface area contributed by atoms with Gasteiger partial charge in [0, 0.05) is 19.3 Å². The molecule has 0 aliphatic rings. The zero-order valence-corrected chi connectivity index (χ0v) is 8.32. The Morgan fingerprint density at radius 1 is 1.71 bits per heavy atom. The molecule has 1 rings (SSSR count). The van der Waals surface area contributed by atoms with Gasteiger partial charge >= 0.3 is 0 Å². The Kier molecular flexibility index (Phi) is 3.19. The molecule has 1 heterocycles. The molecule has 76 valence electrons. The Hall–Kier alpha value is -1.42. The zero-order valence-electron chi connectivity index (χ0n) is 8.32. The summed E-state index contributed by atoms with van der Waals surface area (Å²) in [6, 6.07) is 3.59. The van der Waals surface area contributed by atoms with E-state index in [4.69, 9.17) is 0 Å². The summed E-state index contributed by atoms with van der Waals surface area (Å²) < 4.78 is 0. The maximum atomic E-state index is 10.9. The van der Waals surface area contributed by atoms with Crippen molar-refractivity contribution in [1.29, 1.82) is 0 Å². The average Bonchev–Trinajstić information content (AvgIpc) is 2.18. The highest BCUT2D eigenvalue weighted by Gasteiger charge is 2.26. The van der Waals surface area contributed by atoms with Crippen LogP contribution < -0.4 is 5.32 Å². The van der Waals surface area contributed by atoms with Gasteiger partial charge in [0.1, 0.15) is 0 Å². The van der Waals surface area contributed by atoms with Crippen LogP contribution in [0, 0.1) is 0 Å². The third-order valence-electron chi connectivity index (χ3n) is 2.07. The van der Waals surface area contributed by atoms with Gasteiger partial charge in [0.2, 0.25) is 5.91 Å². The summed E-state index contributed by atoms with van der Waals surface area (Å²) in [4.78, 5) is 14.9. The van der Waals surface area contributed by atoms with Gasteiger partial charge in [-0.3, -0.25) is 9.78 Å². The highest BCUT2D eigenvalue weighted by Crippen LogP contribution is 2.18. The number of nitrogens with zero attached hydrogens (tertiary/aromatic N) is 1. The van der Waals surface area contributed by atoms with Crippen molar-refractivity contribution in [2.75, 3.05) is 6.61 Å². The molecule has 0 aliphatic carbocycles. The van der Waals surface area contributed by atoms with E-state index in [-0.39, 0.29) is 12.5 Å². The number of rotatable bonds is 3. The molecule has 2 N–H and O–H groups in total. The molecule has 0 bridgehead atoms. The fraction of sp³-hybridized carbons (Fsp3) is 0.400. The predicted molar refractivity (Wildman–Crippen MR) is 52.5 cm³/mol. The largest absolute Gasteiger partial charge is 0.394 e. The lowest BCUT2D eigenvalue weighted by Crippen LogP contribution is -2.45. The van der Waals surface area contributed by atoms with Gasteiger partial charge < -0.3 is 10.4 Å². The van der Waals surface area contributed by atoms with Crippen molar-refractivity contribution < 1.29 is 9.90 Å². The number of hydrogen-bond acceptors (Lipinski definition) is 3. The summed E-state index contributed by atoms with van der Waals surface area (Å²) in [5.74, 6) is -0.176. The third kappa shape index (κ3) is 2.29. The second-order valence-electron chi connectivity index (χ2n) is 3.41. The molecule has 0 saturated heterocycles. The summed E-state index contributed by atoms with van der Waals surface area (Å²) in [7, 11) is 0. The minimum atomic E-state index is -0.750. The SMILES string of the molecule is CC(=O)NC(C)(CO)c1cccnc1. The Labute approximate surface area is 83.0 Å². The predicted octanol–water partition coefficient (Wildman–Crippen LogP) is 0.425. The first-order valence-corrected chi connectivity index (χ1v) is 4.38. The van der Waals surface area contributed by atoms with Crippen LogP contribution in [0.4, 0.5) is 0 Å². The average molecular weight is 194 g/mol. The maximum absolute atomic E-state index is 10.9. The van der Waals surface area contributed by atoms with Crippen molar-refractivity contribution in [2.24, 2.45) is 0 Å². The molecule has 0 saturated carbocycles. The van der Waals surface area contributed by atoms with Crippen LogP contribution in [-0.2, 0) is 10.3 Å². The molecule has 1 atom stereocenters. The van der Waals surface area contributed by atoms with Crippen molar-refractivity contribution in [3.8, 4) is 0 Å². The molecule has 1 unspecified atom stereocenters. The van der Waals surface area contributed by atoms with E-state index in [1.165, 1.54) is 6.92 Å². The van der Waals surface area contributed by atoms with Gasteiger partial charge in [0.15, 0.2) is 0 Å². The number of hydrogen-bond donors (Lipinski definition) is 2. The topological polar surface area (TPSA) is 62.2 Å². The van der Waals surface area contributed by atoms with E-state index < -0.39 is 5.54 Å². The minimum Gasteiger partial charge on any atom is -0.394 e. The van der Waals surface area contributed by atoms with Crippen LogP contribution >= 0.6 is 0 Å². The first-order valence-electron chi connectivity index (χ1n) is 4.38. The van der Waals surface area contributed by atoms with Gasteiger partial charge in [-0.25, -0.2) is 0 Å². The molecule has 1 aromatic heterocycles. The smallest absolute Gasteiger partial charge is 0.217 e. The molecular formula is C10H14N2O2. The first kappa shape index (κ1) is 10.7. The molecule has 0 aliphatic heterocycles. The summed E-state index contributed by atoms with van der Waals surface area (Å²) >= 11 is 0. The van der Waals surface area contributed by atoms with Crippen LogP contribution in [0.3, 0.4) is 0 Å². The molecule has 4 nitrogen and oxygen atoms in total. The van der Waals surface area contributed by atoms with Gasteiger partial charge in [-0.05, 0) is 18.6 Å². The Balaban J connectivity index is 2.95. The summed E-state index contributed by atoms with van der Waals surface area (Å²) in [5, 5.41) is 11.9. The molecule has 0 fully saturated rings. The first-order chi connectivity index (χ1) is 6.58. The van der Waals surface area contributed by atoms with Crippen molar-refractivity contribution in [3.63, 3.8) is 0 Å². The van der Waals surface area contributed by atoms with E-state index in [0.29, 0.717) is 0 Å². The van der Waals surface area contributed by atoms with Crippen LogP contribution in [0.25, 0.3) is 0 Å². The van der Waals surface area contributed by atoms with E-state index in [2.05, 4.69) is 10.3 Å². The number of nitrogens with one attached hydrogen (secondary N) is 1. The van der Waals surface area contributed by atoms with Crippen molar-refractivity contribution in [1.82, 2.24) is 10.3 Å². The zero-order chi connectivity index (χ0) is 10.6. The Bertz CT molecular complexity index is 313. The molecule has 14 heavy (non-hydrogen) atoms. The number of carbonyl (C=O) groups is 1. The summed E-state index contributed by atoms with van der Waals surface area (Å²) in [6.07, 6.45) is 3.28. The Morgan fingerprint density at radius 3 is 2.86 bits per heavy atom. The van der Waals surface area contributed by atoms with Crippen LogP contribution in [0.2, 0.25) is 0 Å². The van der Waals surface area contributed by atoms with Crippen LogP contribution in [-0.4, -0.2) is 22.6 Å². The number of aliphatic hydroxyl groups excluding tert-OH is 1. The number of aliphatic hydroxyl groups is 1. The van der Waals surface area contributed by atoms with Crippen molar-refractivity contribution in [2.45, 2.75) is 19.4 Å². The van der Waals surface area contributed by atoms with E-state index in [1.54, 1.807) is 25.4 Å². The molecule has 0 radical (unpaired) electrons. The lowest BCUT2D eigenvalue weighted by Gasteiger charge is -2.28. The van der Waals surface area contributed by atoms with Gasteiger partial charge in [0.05, 0.1) is 12.1 Å². The normalized spacial score (nSPS) is 14.5. The van der Waals surface area contributed by atoms with Gasteiger partial charge in [0.25, 0.3) is 0 Å². The lowest BCUT2D eigenvalue weighted by atomic mass is 9.94. The molecule has 0 spiro atoms. The monoisotopic (exact) mass is 194 g/mol. The Morgan fingerprint density at radius 2 is 2.43 bits per heavy atom. The fourth-order valence-corrected chi connectivity index (χ4v) is 1.28. The second-order valence-corrected chi connectivity index (χ2v) is 3.41. The number of pyridine rings is 1. The van der Waals surface area contributed by atoms with Crippen molar-refractivity contribution >= 4 is 5.91 Å². The standard InChI is InChI=1S/C10H14N2O2/c1-8(14)12-10(2,7-13)9-4-3-5-11-6-9/h3-6,13H,7H2,1-2H3,(H,12,14). The van der Waals surface area contributed by atoms with Gasteiger partial charge in [-0.15, -0.1) is 0 Å². The fourth-order valence-electron chi connectivity index (χ4n) is 1.28. The summed E-state index contributed by atoms with van der Waals surface area (Å²) in [6.45, 7) is 3.02. The van der Waals surface area contributed by atoms with Gasteiger partial charge in [-0.1, -0.05) is 6.07 Å². The summed E-state index contributed by atoms with van der Waals surface area (Å²) in [5.41, 5.74) is 0.0396. The maximum Gasteiger partial charge on any atom is 0.217 e. The van der Waals surface area contributed by atoms with Crippen LogP contribution in [0.5, 0.6) is 0 Å². The molecular weight excluding hydrogens is 180 g/mol. The van der Waals surface area contributed by atoms with E-state index >= 15 is 0 Å². The van der Waals surface area contributed by atoms with E-state index in [0.717, 1.165) is 5.56 Å².